The quantitative estimate of drug-likeness (QED) is 0.425. The average Bonchev–Trinajstić information content (AvgIpc) is 2.71. The van der Waals surface area contributed by atoms with Gasteiger partial charge in [0.2, 0.25) is 0 Å². The van der Waals surface area contributed by atoms with E-state index >= 15 is 0 Å². The van der Waals surface area contributed by atoms with E-state index in [1.54, 1.807) is 31.2 Å². The lowest BCUT2D eigenvalue weighted by Crippen LogP contribution is -2.44. The van der Waals surface area contributed by atoms with Gasteiger partial charge in [-0.1, -0.05) is 54.6 Å². The third kappa shape index (κ3) is 8.42. The van der Waals surface area contributed by atoms with E-state index in [0.29, 0.717) is 24.6 Å². The molecule has 8 heteroatoms. The maximum Gasteiger partial charge on any atom is 0.411 e. The van der Waals surface area contributed by atoms with E-state index in [2.05, 4.69) is 20.4 Å². The van der Waals surface area contributed by atoms with E-state index in [-0.39, 0.29) is 13.2 Å². The first kappa shape index (κ1) is 23.7. The zero-order valence-electron chi connectivity index (χ0n) is 17.2. The molecule has 1 atom stereocenters. The number of halogens is 3. The zero-order valence-corrected chi connectivity index (χ0v) is 17.2. The van der Waals surface area contributed by atoms with Crippen LogP contribution in [-0.2, 0) is 23.5 Å². The molecule has 164 valence electrons. The van der Waals surface area contributed by atoms with Gasteiger partial charge in [-0.25, -0.2) is 4.99 Å². The number of hydrogen-bond donors (Lipinski definition) is 3. The summed E-state index contributed by atoms with van der Waals surface area (Å²) in [5.74, 6) is 0.561. The van der Waals surface area contributed by atoms with Gasteiger partial charge >= 0.3 is 6.18 Å². The fraction of sp³-hybridized carbons (Fsp3) is 0.409. The molecule has 0 saturated heterocycles. The van der Waals surface area contributed by atoms with Crippen LogP contribution in [0.4, 0.5) is 13.2 Å². The van der Waals surface area contributed by atoms with Crippen molar-refractivity contribution in [1.29, 1.82) is 0 Å². The molecule has 1 unspecified atom stereocenters. The molecule has 30 heavy (non-hydrogen) atoms. The van der Waals surface area contributed by atoms with E-state index < -0.39 is 18.4 Å². The number of benzene rings is 2. The minimum atomic E-state index is -4.32. The van der Waals surface area contributed by atoms with Crippen LogP contribution in [0, 0.1) is 0 Å². The summed E-state index contributed by atoms with van der Waals surface area (Å²) >= 11 is 0. The van der Waals surface area contributed by atoms with Gasteiger partial charge in [-0.2, -0.15) is 13.2 Å². The van der Waals surface area contributed by atoms with E-state index in [9.17, 15) is 18.3 Å². The summed E-state index contributed by atoms with van der Waals surface area (Å²) in [7, 11) is 0. The Kier molecular flexibility index (Phi) is 8.68. The molecule has 5 nitrogen and oxygen atoms in total. The largest absolute Gasteiger partial charge is 0.411 e. The predicted octanol–water partition coefficient (Wildman–Crippen LogP) is 3.73. The Morgan fingerprint density at radius 2 is 1.63 bits per heavy atom. The molecular formula is C22H28F3N3O2. The summed E-state index contributed by atoms with van der Waals surface area (Å²) in [5.41, 5.74) is 1.31. The maximum atomic E-state index is 12.1. The lowest BCUT2D eigenvalue weighted by atomic mass is 9.96. The first-order valence-corrected chi connectivity index (χ1v) is 9.72. The Labute approximate surface area is 175 Å². The predicted molar refractivity (Wildman–Crippen MR) is 111 cm³/mol. The highest BCUT2D eigenvalue weighted by atomic mass is 19.4. The van der Waals surface area contributed by atoms with Crippen molar-refractivity contribution in [3.8, 4) is 0 Å². The third-order valence-corrected chi connectivity index (χ3v) is 4.32. The summed E-state index contributed by atoms with van der Waals surface area (Å²) in [6.07, 6.45) is -4.32. The second-order valence-electron chi connectivity index (χ2n) is 7.11. The van der Waals surface area contributed by atoms with Crippen LogP contribution in [0.5, 0.6) is 0 Å². The number of hydrogen-bond acceptors (Lipinski definition) is 3. The van der Waals surface area contributed by atoms with Gasteiger partial charge in [-0.3, -0.25) is 0 Å². The van der Waals surface area contributed by atoms with Crippen molar-refractivity contribution >= 4 is 5.96 Å². The number of aliphatic hydroxyl groups is 1. The summed E-state index contributed by atoms with van der Waals surface area (Å²) in [5, 5.41) is 17.0. The Bertz CT molecular complexity index is 792. The molecule has 2 aromatic rings. The molecule has 3 N–H and O–H groups in total. The molecule has 2 aromatic carbocycles. The van der Waals surface area contributed by atoms with Crippen molar-refractivity contribution in [1.82, 2.24) is 10.6 Å². The van der Waals surface area contributed by atoms with Crippen LogP contribution in [-0.4, -0.2) is 36.9 Å². The number of ether oxygens (including phenoxy) is 1. The standard InChI is InChI=1S/C22H28F3N3O2/c1-3-26-20(28-15-21(2,29)19-7-5-4-6-8-19)27-13-17-9-11-18(12-10-17)14-30-16-22(23,24)25/h4-12,29H,3,13-16H2,1-2H3,(H2,26,27,28). The van der Waals surface area contributed by atoms with Crippen LogP contribution in [0.2, 0.25) is 0 Å². The van der Waals surface area contributed by atoms with Crippen LogP contribution in [0.25, 0.3) is 0 Å². The van der Waals surface area contributed by atoms with Gasteiger partial charge in [-0.05, 0) is 30.5 Å². The minimum absolute atomic E-state index is 0.0954. The topological polar surface area (TPSA) is 65.9 Å². The number of aliphatic imine (C=N–C) groups is 1. The molecule has 0 amide bonds. The number of alkyl halides is 3. The molecule has 0 fully saturated rings. The Morgan fingerprint density at radius 3 is 2.23 bits per heavy atom. The Balaban J connectivity index is 1.91. The highest BCUT2D eigenvalue weighted by Gasteiger charge is 2.27. The summed E-state index contributed by atoms with van der Waals surface area (Å²) in [4.78, 5) is 4.51. The Morgan fingerprint density at radius 1 is 1.00 bits per heavy atom. The summed E-state index contributed by atoms with van der Waals surface area (Å²) in [6, 6.07) is 16.4. The number of nitrogens with zero attached hydrogens (tertiary/aromatic N) is 1. The molecule has 2 rings (SSSR count). The molecule has 0 aromatic heterocycles. The van der Waals surface area contributed by atoms with Crippen molar-refractivity contribution < 1.29 is 23.0 Å². The number of rotatable bonds is 9. The highest BCUT2D eigenvalue weighted by Crippen LogP contribution is 2.19. The SMILES string of the molecule is CCNC(=NCc1ccc(COCC(F)(F)F)cc1)NCC(C)(O)c1ccccc1. The monoisotopic (exact) mass is 423 g/mol. The van der Waals surface area contributed by atoms with Crippen LogP contribution >= 0.6 is 0 Å². The average molecular weight is 423 g/mol. The first-order chi connectivity index (χ1) is 14.2. The van der Waals surface area contributed by atoms with Gasteiger partial charge in [0.25, 0.3) is 0 Å². The van der Waals surface area contributed by atoms with Crippen molar-refractivity contribution in [2.45, 2.75) is 38.8 Å². The van der Waals surface area contributed by atoms with Gasteiger partial charge in [0.15, 0.2) is 5.96 Å². The Hall–Kier alpha value is -2.58. The van der Waals surface area contributed by atoms with Gasteiger partial charge in [0, 0.05) is 6.54 Å². The normalized spacial score (nSPS) is 14.3. The van der Waals surface area contributed by atoms with E-state index in [4.69, 9.17) is 0 Å². The molecule has 0 aliphatic rings. The third-order valence-electron chi connectivity index (χ3n) is 4.32. The molecular weight excluding hydrogens is 395 g/mol. The maximum absolute atomic E-state index is 12.1. The van der Waals surface area contributed by atoms with Crippen LogP contribution in [0.15, 0.2) is 59.6 Å². The molecule has 0 aliphatic heterocycles. The van der Waals surface area contributed by atoms with Crippen molar-refractivity contribution in [3.05, 3.63) is 71.3 Å². The zero-order chi connectivity index (χ0) is 22.0. The number of nitrogens with one attached hydrogen (secondary N) is 2. The number of guanidine groups is 1. The second kappa shape index (κ2) is 11.0. The highest BCUT2D eigenvalue weighted by molar-refractivity contribution is 5.79. The first-order valence-electron chi connectivity index (χ1n) is 9.72. The molecule has 0 heterocycles. The van der Waals surface area contributed by atoms with Gasteiger partial charge in [0.05, 0.1) is 19.7 Å². The van der Waals surface area contributed by atoms with Gasteiger partial charge in [0.1, 0.15) is 12.2 Å². The smallest absolute Gasteiger partial charge is 0.384 e. The van der Waals surface area contributed by atoms with Crippen molar-refractivity contribution in [2.75, 3.05) is 19.7 Å². The van der Waals surface area contributed by atoms with Crippen molar-refractivity contribution in [2.24, 2.45) is 4.99 Å². The van der Waals surface area contributed by atoms with Gasteiger partial charge in [-0.15, -0.1) is 0 Å². The summed E-state index contributed by atoms with van der Waals surface area (Å²) in [6.45, 7) is 3.64. The summed E-state index contributed by atoms with van der Waals surface area (Å²) < 4.78 is 41.0. The van der Waals surface area contributed by atoms with Gasteiger partial charge < -0.3 is 20.5 Å². The van der Waals surface area contributed by atoms with Crippen molar-refractivity contribution in [3.63, 3.8) is 0 Å². The lowest BCUT2D eigenvalue weighted by Gasteiger charge is -2.25. The minimum Gasteiger partial charge on any atom is -0.384 e. The van der Waals surface area contributed by atoms with E-state index in [0.717, 1.165) is 11.1 Å². The van der Waals surface area contributed by atoms with E-state index in [1.807, 2.05) is 37.3 Å². The van der Waals surface area contributed by atoms with Crippen LogP contribution in [0.1, 0.15) is 30.5 Å². The molecule has 0 radical (unpaired) electrons. The van der Waals surface area contributed by atoms with Crippen LogP contribution < -0.4 is 10.6 Å². The van der Waals surface area contributed by atoms with E-state index in [1.165, 1.54) is 0 Å². The lowest BCUT2D eigenvalue weighted by molar-refractivity contribution is -0.176. The molecule has 0 spiro atoms. The molecule has 0 saturated carbocycles. The fourth-order valence-corrected chi connectivity index (χ4v) is 2.69. The molecule has 0 aliphatic carbocycles. The fourth-order valence-electron chi connectivity index (χ4n) is 2.69. The second-order valence-corrected chi connectivity index (χ2v) is 7.11. The molecule has 0 bridgehead atoms. The van der Waals surface area contributed by atoms with Crippen LogP contribution in [0.3, 0.4) is 0 Å².